The van der Waals surface area contributed by atoms with Crippen LogP contribution in [-0.2, 0) is 6.54 Å². The second-order valence-corrected chi connectivity index (χ2v) is 5.04. The van der Waals surface area contributed by atoms with Crippen LogP contribution in [-0.4, -0.2) is 4.98 Å². The van der Waals surface area contributed by atoms with Crippen LogP contribution >= 0.6 is 15.9 Å². The van der Waals surface area contributed by atoms with Crippen molar-refractivity contribution in [3.8, 4) is 0 Å². The van der Waals surface area contributed by atoms with Gasteiger partial charge in [-0.15, -0.1) is 0 Å². The van der Waals surface area contributed by atoms with Gasteiger partial charge in [0, 0.05) is 23.3 Å². The van der Waals surface area contributed by atoms with Gasteiger partial charge < -0.3 is 5.32 Å². The number of pyridine rings is 1. The first kappa shape index (κ1) is 13.2. The Bertz CT molecular complexity index is 513. The van der Waals surface area contributed by atoms with Crippen molar-refractivity contribution < 1.29 is 4.39 Å². The number of halogens is 2. The predicted octanol–water partition coefficient (Wildman–Crippen LogP) is 3.83. The van der Waals surface area contributed by atoms with Crippen molar-refractivity contribution in [2.45, 2.75) is 19.5 Å². The zero-order valence-corrected chi connectivity index (χ0v) is 11.6. The Kier molecular flexibility index (Phi) is 4.44. The molecule has 18 heavy (non-hydrogen) atoms. The van der Waals surface area contributed by atoms with E-state index >= 15 is 0 Å². The molecule has 0 bridgehead atoms. The molecule has 0 fully saturated rings. The first-order valence-electron chi connectivity index (χ1n) is 5.74. The van der Waals surface area contributed by atoms with E-state index in [2.05, 4.69) is 26.2 Å². The normalized spacial score (nSPS) is 12.4. The number of hydrogen-bond acceptors (Lipinski definition) is 2. The van der Waals surface area contributed by atoms with E-state index in [4.69, 9.17) is 0 Å². The Labute approximate surface area is 114 Å². The number of nitrogens with zero attached hydrogens (tertiary/aromatic N) is 1. The second kappa shape index (κ2) is 6.07. The number of aromatic nitrogens is 1. The molecule has 94 valence electrons. The van der Waals surface area contributed by atoms with E-state index in [1.165, 1.54) is 6.07 Å². The molecule has 1 aromatic heterocycles. The highest BCUT2D eigenvalue weighted by Gasteiger charge is 2.05. The number of hydrogen-bond donors (Lipinski definition) is 1. The lowest BCUT2D eigenvalue weighted by Crippen LogP contribution is -2.18. The Morgan fingerprint density at radius 3 is 2.83 bits per heavy atom. The van der Waals surface area contributed by atoms with E-state index in [1.54, 1.807) is 18.3 Å². The number of nitrogens with one attached hydrogen (secondary N) is 1. The van der Waals surface area contributed by atoms with Gasteiger partial charge in [0.15, 0.2) is 0 Å². The molecule has 0 saturated heterocycles. The summed E-state index contributed by atoms with van der Waals surface area (Å²) in [6.07, 6.45) is 1.77. The van der Waals surface area contributed by atoms with Crippen LogP contribution in [0.15, 0.2) is 47.1 Å². The summed E-state index contributed by atoms with van der Waals surface area (Å²) in [4.78, 5) is 4.28. The van der Waals surface area contributed by atoms with Crippen molar-refractivity contribution in [2.75, 3.05) is 0 Å². The van der Waals surface area contributed by atoms with Crippen LogP contribution in [0.5, 0.6) is 0 Å². The molecule has 0 unspecified atom stereocenters. The molecule has 0 aliphatic carbocycles. The molecule has 0 saturated carbocycles. The van der Waals surface area contributed by atoms with E-state index in [-0.39, 0.29) is 11.9 Å². The van der Waals surface area contributed by atoms with Crippen molar-refractivity contribution >= 4 is 15.9 Å². The SMILES string of the molecule is C[C@@H](NCc1ccc(Br)cn1)c1cccc(F)c1. The van der Waals surface area contributed by atoms with Crippen molar-refractivity contribution in [1.82, 2.24) is 10.3 Å². The Morgan fingerprint density at radius 1 is 1.33 bits per heavy atom. The molecule has 2 aromatic rings. The van der Waals surface area contributed by atoms with Gasteiger partial charge in [0.2, 0.25) is 0 Å². The molecule has 2 rings (SSSR count). The van der Waals surface area contributed by atoms with Gasteiger partial charge in [-0.2, -0.15) is 0 Å². The molecule has 1 heterocycles. The van der Waals surface area contributed by atoms with Crippen LogP contribution in [0.3, 0.4) is 0 Å². The molecular formula is C14H14BrFN2. The Balaban J connectivity index is 1.96. The van der Waals surface area contributed by atoms with Gasteiger partial charge >= 0.3 is 0 Å². The monoisotopic (exact) mass is 308 g/mol. The summed E-state index contributed by atoms with van der Waals surface area (Å²) < 4.78 is 14.1. The molecular weight excluding hydrogens is 295 g/mol. The van der Waals surface area contributed by atoms with Gasteiger partial charge in [-0.25, -0.2) is 4.39 Å². The second-order valence-electron chi connectivity index (χ2n) is 4.13. The molecule has 0 spiro atoms. The predicted molar refractivity (Wildman–Crippen MR) is 73.6 cm³/mol. The summed E-state index contributed by atoms with van der Waals surface area (Å²) in [5.41, 5.74) is 1.90. The summed E-state index contributed by atoms with van der Waals surface area (Å²) in [6, 6.07) is 10.6. The van der Waals surface area contributed by atoms with E-state index < -0.39 is 0 Å². The van der Waals surface area contributed by atoms with E-state index in [9.17, 15) is 4.39 Å². The van der Waals surface area contributed by atoms with Crippen LogP contribution in [0.2, 0.25) is 0 Å². The molecule has 0 aliphatic heterocycles. The van der Waals surface area contributed by atoms with Crippen LogP contribution in [0.25, 0.3) is 0 Å². The third-order valence-electron chi connectivity index (χ3n) is 2.73. The fraction of sp³-hybridized carbons (Fsp3) is 0.214. The number of benzene rings is 1. The van der Waals surface area contributed by atoms with Crippen molar-refractivity contribution in [1.29, 1.82) is 0 Å². The smallest absolute Gasteiger partial charge is 0.123 e. The highest BCUT2D eigenvalue weighted by Crippen LogP contribution is 2.14. The van der Waals surface area contributed by atoms with Gasteiger partial charge in [-0.1, -0.05) is 12.1 Å². The van der Waals surface area contributed by atoms with Crippen LogP contribution < -0.4 is 5.32 Å². The highest BCUT2D eigenvalue weighted by atomic mass is 79.9. The molecule has 2 nitrogen and oxygen atoms in total. The van der Waals surface area contributed by atoms with Gasteiger partial charge in [0.05, 0.1) is 5.69 Å². The van der Waals surface area contributed by atoms with Crippen molar-refractivity contribution in [2.24, 2.45) is 0 Å². The molecule has 0 aliphatic rings. The summed E-state index contributed by atoms with van der Waals surface area (Å²) >= 11 is 3.35. The minimum atomic E-state index is -0.206. The third kappa shape index (κ3) is 3.62. The molecule has 1 aromatic carbocycles. The largest absolute Gasteiger partial charge is 0.305 e. The summed E-state index contributed by atoms with van der Waals surface area (Å²) in [7, 11) is 0. The maximum atomic E-state index is 13.1. The van der Waals surface area contributed by atoms with Gasteiger partial charge in [-0.3, -0.25) is 4.98 Å². The van der Waals surface area contributed by atoms with Crippen molar-refractivity contribution in [3.63, 3.8) is 0 Å². The third-order valence-corrected chi connectivity index (χ3v) is 3.20. The lowest BCUT2D eigenvalue weighted by atomic mass is 10.1. The first-order chi connectivity index (χ1) is 8.65. The maximum Gasteiger partial charge on any atom is 0.123 e. The van der Waals surface area contributed by atoms with Crippen molar-refractivity contribution in [3.05, 3.63) is 64.1 Å². The fourth-order valence-corrected chi connectivity index (χ4v) is 1.90. The van der Waals surface area contributed by atoms with Crippen LogP contribution in [0.1, 0.15) is 24.2 Å². The fourth-order valence-electron chi connectivity index (χ4n) is 1.66. The zero-order chi connectivity index (χ0) is 13.0. The average molecular weight is 309 g/mol. The minimum Gasteiger partial charge on any atom is -0.305 e. The average Bonchev–Trinajstić information content (AvgIpc) is 2.38. The maximum absolute atomic E-state index is 13.1. The van der Waals surface area contributed by atoms with Gasteiger partial charge in [0.25, 0.3) is 0 Å². The molecule has 1 N–H and O–H groups in total. The van der Waals surface area contributed by atoms with Gasteiger partial charge in [-0.05, 0) is 52.7 Å². The highest BCUT2D eigenvalue weighted by molar-refractivity contribution is 9.10. The lowest BCUT2D eigenvalue weighted by Gasteiger charge is -2.14. The lowest BCUT2D eigenvalue weighted by molar-refractivity contribution is 0.559. The quantitative estimate of drug-likeness (QED) is 0.928. The summed E-state index contributed by atoms with van der Waals surface area (Å²) in [5, 5.41) is 3.32. The minimum absolute atomic E-state index is 0.0890. The molecule has 1 atom stereocenters. The summed E-state index contributed by atoms with van der Waals surface area (Å²) in [6.45, 7) is 2.67. The first-order valence-corrected chi connectivity index (χ1v) is 6.54. The summed E-state index contributed by atoms with van der Waals surface area (Å²) in [5.74, 6) is -0.206. The van der Waals surface area contributed by atoms with E-state index in [1.807, 2.05) is 25.1 Å². The van der Waals surface area contributed by atoms with Gasteiger partial charge in [0.1, 0.15) is 5.82 Å². The molecule has 0 amide bonds. The standard InChI is InChI=1S/C14H14BrFN2/c1-10(11-3-2-4-13(16)7-11)17-9-14-6-5-12(15)8-18-14/h2-8,10,17H,9H2,1H3/t10-/m1/s1. The van der Waals surface area contributed by atoms with E-state index in [0.717, 1.165) is 15.7 Å². The van der Waals surface area contributed by atoms with Crippen LogP contribution in [0, 0.1) is 5.82 Å². The van der Waals surface area contributed by atoms with Crippen LogP contribution in [0.4, 0.5) is 4.39 Å². The molecule has 4 heteroatoms. The van der Waals surface area contributed by atoms with E-state index in [0.29, 0.717) is 6.54 Å². The zero-order valence-electron chi connectivity index (χ0n) is 10.0. The Morgan fingerprint density at radius 2 is 2.17 bits per heavy atom. The Hall–Kier alpha value is -1.26. The number of rotatable bonds is 4. The topological polar surface area (TPSA) is 24.9 Å². The molecule has 0 radical (unpaired) electrons.